The molecule has 3 aromatic rings. The first-order valence-electron chi connectivity index (χ1n) is 10.9. The summed E-state index contributed by atoms with van der Waals surface area (Å²) in [5.74, 6) is -0.256. The monoisotopic (exact) mass is 500 g/mol. The molecule has 0 spiro atoms. The van der Waals surface area contributed by atoms with Gasteiger partial charge in [0.25, 0.3) is 5.91 Å². The van der Waals surface area contributed by atoms with Crippen molar-refractivity contribution < 1.29 is 14.1 Å². The predicted octanol–water partition coefficient (Wildman–Crippen LogP) is 6.49. The number of halogens is 2. The molecule has 2 amide bonds. The van der Waals surface area contributed by atoms with Crippen LogP contribution in [0, 0.1) is 12.8 Å². The van der Waals surface area contributed by atoms with Gasteiger partial charge in [0.05, 0.1) is 15.8 Å². The Morgan fingerprint density at radius 3 is 2.38 bits per heavy atom. The van der Waals surface area contributed by atoms with Crippen LogP contribution in [0.1, 0.15) is 55.3 Å². The fraction of sp³-hybridized carbons (Fsp3) is 0.280. The van der Waals surface area contributed by atoms with Crippen molar-refractivity contribution in [2.45, 2.75) is 40.5 Å². The number of nitrogens with zero attached hydrogens (tertiary/aromatic N) is 2. The Bertz CT molecular complexity index is 1210. The lowest BCUT2D eigenvalue weighted by atomic mass is 10.0. The number of aromatic nitrogens is 1. The maximum atomic E-state index is 13.0. The van der Waals surface area contributed by atoms with Crippen molar-refractivity contribution >= 4 is 46.4 Å². The highest BCUT2D eigenvalue weighted by atomic mass is 35.5. The Morgan fingerprint density at radius 1 is 1.09 bits per heavy atom. The van der Waals surface area contributed by atoms with Gasteiger partial charge in [-0.15, -0.1) is 0 Å². The second-order valence-electron chi connectivity index (χ2n) is 7.78. The molecule has 178 valence electrons. The van der Waals surface area contributed by atoms with Gasteiger partial charge >= 0.3 is 0 Å². The van der Waals surface area contributed by atoms with E-state index >= 15 is 0 Å². The van der Waals surface area contributed by atoms with E-state index < -0.39 is 5.91 Å². The smallest absolute Gasteiger partial charge is 0.277 e. The SMILES string of the molecule is CCC(CC)C(=O)Nc1cccc(C(C)=NNC(=O)c2c(-c3c(Cl)cccc3Cl)noc2C)c1. The highest BCUT2D eigenvalue weighted by Crippen LogP contribution is 2.36. The zero-order valence-corrected chi connectivity index (χ0v) is 20.9. The normalized spacial score (nSPS) is 11.6. The van der Waals surface area contributed by atoms with Crippen molar-refractivity contribution in [1.29, 1.82) is 0 Å². The summed E-state index contributed by atoms with van der Waals surface area (Å²) in [4.78, 5) is 25.4. The molecule has 0 aliphatic carbocycles. The van der Waals surface area contributed by atoms with Crippen LogP contribution in [0.15, 0.2) is 52.1 Å². The molecule has 0 saturated carbocycles. The van der Waals surface area contributed by atoms with Crippen LogP contribution in [0.25, 0.3) is 11.3 Å². The van der Waals surface area contributed by atoms with Crippen LogP contribution in [0.2, 0.25) is 10.0 Å². The first-order chi connectivity index (χ1) is 16.3. The van der Waals surface area contributed by atoms with Crippen molar-refractivity contribution in [3.63, 3.8) is 0 Å². The summed E-state index contributed by atoms with van der Waals surface area (Å²) in [5.41, 5.74) is 5.36. The van der Waals surface area contributed by atoms with Gasteiger partial charge in [0.15, 0.2) is 0 Å². The molecule has 0 bridgehead atoms. The number of amides is 2. The van der Waals surface area contributed by atoms with E-state index in [4.69, 9.17) is 27.7 Å². The zero-order chi connectivity index (χ0) is 24.8. The molecule has 0 fully saturated rings. The number of aryl methyl sites for hydroxylation is 1. The van der Waals surface area contributed by atoms with Crippen LogP contribution < -0.4 is 10.7 Å². The molecule has 0 atom stereocenters. The fourth-order valence-corrected chi connectivity index (χ4v) is 4.09. The molecule has 0 aliphatic rings. The number of carbonyl (C=O) groups is 2. The molecule has 0 saturated heterocycles. The molecule has 3 rings (SSSR count). The molecular weight excluding hydrogens is 475 g/mol. The topological polar surface area (TPSA) is 96.6 Å². The summed E-state index contributed by atoms with van der Waals surface area (Å²) in [6, 6.07) is 12.3. The van der Waals surface area contributed by atoms with Gasteiger partial charge in [-0.05, 0) is 56.5 Å². The third-order valence-corrected chi connectivity index (χ3v) is 6.15. The Balaban J connectivity index is 1.80. The van der Waals surface area contributed by atoms with Crippen LogP contribution in [-0.4, -0.2) is 22.7 Å². The van der Waals surface area contributed by atoms with Gasteiger partial charge in [-0.25, -0.2) is 5.43 Å². The number of benzene rings is 2. The summed E-state index contributed by atoms with van der Waals surface area (Å²) < 4.78 is 5.25. The minimum absolute atomic E-state index is 0.0151. The van der Waals surface area contributed by atoms with Crippen LogP contribution in [0.3, 0.4) is 0 Å². The molecular formula is C25H26Cl2N4O3. The Labute approximate surface area is 208 Å². The van der Waals surface area contributed by atoms with E-state index in [0.717, 1.165) is 18.4 Å². The van der Waals surface area contributed by atoms with Crippen molar-refractivity contribution in [2.75, 3.05) is 5.32 Å². The van der Waals surface area contributed by atoms with E-state index in [1.54, 1.807) is 32.0 Å². The highest BCUT2D eigenvalue weighted by Gasteiger charge is 2.25. The van der Waals surface area contributed by atoms with Crippen molar-refractivity contribution in [3.8, 4) is 11.3 Å². The minimum Gasteiger partial charge on any atom is -0.360 e. The molecule has 7 nitrogen and oxygen atoms in total. The van der Waals surface area contributed by atoms with Crippen molar-refractivity contribution in [1.82, 2.24) is 10.6 Å². The summed E-state index contributed by atoms with van der Waals surface area (Å²) in [5, 5.41) is 11.9. The average molecular weight is 501 g/mol. The minimum atomic E-state index is -0.512. The summed E-state index contributed by atoms with van der Waals surface area (Å²) in [6.45, 7) is 7.37. The standard InChI is InChI=1S/C25H26Cl2N4O3/c1-5-16(6-2)24(32)28-18-10-7-9-17(13-18)14(3)29-30-25(33)21-15(4)34-31-23(21)22-19(26)11-8-12-20(22)27/h7-13,16H,5-6H2,1-4H3,(H,28,32)(H,30,33). The number of carbonyl (C=O) groups excluding carboxylic acids is 2. The molecule has 9 heteroatoms. The molecule has 1 aromatic heterocycles. The molecule has 0 radical (unpaired) electrons. The Kier molecular flexibility index (Phi) is 8.47. The fourth-order valence-electron chi connectivity index (χ4n) is 3.52. The quantitative estimate of drug-likeness (QED) is 0.273. The van der Waals surface area contributed by atoms with E-state index in [1.807, 2.05) is 38.1 Å². The number of hydrazone groups is 1. The van der Waals surface area contributed by atoms with Gasteiger partial charge in [0, 0.05) is 17.2 Å². The van der Waals surface area contributed by atoms with Crippen LogP contribution in [-0.2, 0) is 4.79 Å². The number of rotatable bonds is 8. The number of anilines is 1. The number of nitrogens with one attached hydrogen (secondary N) is 2. The molecule has 0 unspecified atom stereocenters. The first kappa shape index (κ1) is 25.5. The van der Waals surface area contributed by atoms with Crippen LogP contribution in [0.4, 0.5) is 5.69 Å². The largest absolute Gasteiger partial charge is 0.360 e. The van der Waals surface area contributed by atoms with E-state index in [0.29, 0.717) is 32.8 Å². The van der Waals surface area contributed by atoms with Crippen LogP contribution in [0.5, 0.6) is 0 Å². The maximum absolute atomic E-state index is 13.0. The molecule has 1 heterocycles. The number of hydrogen-bond acceptors (Lipinski definition) is 5. The zero-order valence-electron chi connectivity index (χ0n) is 19.4. The predicted molar refractivity (Wildman–Crippen MR) is 136 cm³/mol. The Morgan fingerprint density at radius 2 is 1.74 bits per heavy atom. The van der Waals surface area contributed by atoms with Gasteiger partial charge < -0.3 is 9.84 Å². The summed E-state index contributed by atoms with van der Waals surface area (Å²) >= 11 is 12.6. The lowest BCUT2D eigenvalue weighted by Crippen LogP contribution is -2.22. The van der Waals surface area contributed by atoms with E-state index in [9.17, 15) is 9.59 Å². The lowest BCUT2D eigenvalue weighted by molar-refractivity contribution is -0.120. The van der Waals surface area contributed by atoms with E-state index in [1.165, 1.54) is 0 Å². The van der Waals surface area contributed by atoms with Gasteiger partial charge in [0.2, 0.25) is 5.91 Å². The Hall–Kier alpha value is -3.16. The van der Waals surface area contributed by atoms with Crippen LogP contribution >= 0.6 is 23.2 Å². The van der Waals surface area contributed by atoms with Gasteiger partial charge in [-0.1, -0.05) is 60.4 Å². The molecule has 34 heavy (non-hydrogen) atoms. The summed E-state index contributed by atoms with van der Waals surface area (Å²) in [7, 11) is 0. The van der Waals surface area contributed by atoms with E-state index in [2.05, 4.69) is 21.0 Å². The van der Waals surface area contributed by atoms with Crippen molar-refractivity contribution in [3.05, 3.63) is 69.4 Å². The molecule has 2 aromatic carbocycles. The van der Waals surface area contributed by atoms with Gasteiger partial charge in [-0.2, -0.15) is 5.10 Å². The summed E-state index contributed by atoms with van der Waals surface area (Å²) in [6.07, 6.45) is 1.55. The second kappa shape index (κ2) is 11.3. The third-order valence-electron chi connectivity index (χ3n) is 5.52. The van der Waals surface area contributed by atoms with Gasteiger partial charge in [0.1, 0.15) is 17.0 Å². The molecule has 2 N–H and O–H groups in total. The lowest BCUT2D eigenvalue weighted by Gasteiger charge is -2.13. The van der Waals surface area contributed by atoms with Crippen molar-refractivity contribution in [2.24, 2.45) is 11.0 Å². The maximum Gasteiger partial charge on any atom is 0.277 e. The highest BCUT2D eigenvalue weighted by molar-refractivity contribution is 6.39. The van der Waals surface area contributed by atoms with E-state index in [-0.39, 0.29) is 23.1 Å². The molecule has 0 aliphatic heterocycles. The first-order valence-corrected chi connectivity index (χ1v) is 11.7. The average Bonchev–Trinajstić information content (AvgIpc) is 3.19. The third kappa shape index (κ3) is 5.66. The number of hydrogen-bond donors (Lipinski definition) is 2. The van der Waals surface area contributed by atoms with Gasteiger partial charge in [-0.3, -0.25) is 9.59 Å². The second-order valence-corrected chi connectivity index (χ2v) is 8.60.